The molecule has 1 aromatic rings. The van der Waals surface area contributed by atoms with Crippen LogP contribution in [0.3, 0.4) is 0 Å². The molecule has 1 heterocycles. The first-order chi connectivity index (χ1) is 8.16. The van der Waals surface area contributed by atoms with Crippen molar-refractivity contribution in [3.05, 3.63) is 29.3 Å². The molecule has 0 aromatic heterocycles. The lowest BCUT2D eigenvalue weighted by atomic mass is 10.1. The fourth-order valence-electron chi connectivity index (χ4n) is 1.94. The smallest absolute Gasteiger partial charge is 0.335 e. The molecule has 1 fully saturated rings. The number of hydrogen-bond acceptors (Lipinski definition) is 3. The largest absolute Gasteiger partial charge is 0.478 e. The Morgan fingerprint density at radius 3 is 3.06 bits per heavy atom. The van der Waals surface area contributed by atoms with Crippen molar-refractivity contribution < 1.29 is 14.6 Å². The molecule has 17 heavy (non-hydrogen) atoms. The van der Waals surface area contributed by atoms with Crippen molar-refractivity contribution in [2.75, 3.05) is 25.1 Å². The third-order valence-corrected chi connectivity index (χ3v) is 3.09. The number of rotatable bonds is 4. The predicted molar refractivity (Wildman–Crippen MR) is 65.6 cm³/mol. The number of hydrogen-bond donors (Lipinski definition) is 2. The molecule has 1 unspecified atom stereocenters. The van der Waals surface area contributed by atoms with Gasteiger partial charge in [-0.3, -0.25) is 0 Å². The molecule has 0 bridgehead atoms. The Balaban J connectivity index is 2.03. The summed E-state index contributed by atoms with van der Waals surface area (Å²) < 4.78 is 5.30. The summed E-state index contributed by atoms with van der Waals surface area (Å²) in [5.41, 5.74) is 2.28. The van der Waals surface area contributed by atoms with Crippen LogP contribution in [-0.4, -0.2) is 30.8 Å². The lowest BCUT2D eigenvalue weighted by molar-refractivity contribution is 0.0697. The van der Waals surface area contributed by atoms with Crippen LogP contribution >= 0.6 is 0 Å². The van der Waals surface area contributed by atoms with Crippen LogP contribution in [0.25, 0.3) is 0 Å². The number of aryl methyl sites for hydroxylation is 1. The van der Waals surface area contributed by atoms with Crippen LogP contribution in [0.4, 0.5) is 5.69 Å². The molecule has 1 saturated heterocycles. The van der Waals surface area contributed by atoms with E-state index in [4.69, 9.17) is 9.84 Å². The van der Waals surface area contributed by atoms with E-state index in [9.17, 15) is 4.79 Å². The molecule has 1 aromatic carbocycles. The topological polar surface area (TPSA) is 58.6 Å². The van der Waals surface area contributed by atoms with Gasteiger partial charge in [0.2, 0.25) is 0 Å². The van der Waals surface area contributed by atoms with Gasteiger partial charge in [0.15, 0.2) is 0 Å². The molecule has 4 nitrogen and oxygen atoms in total. The van der Waals surface area contributed by atoms with Crippen molar-refractivity contribution in [2.24, 2.45) is 5.92 Å². The maximum atomic E-state index is 10.9. The molecule has 92 valence electrons. The molecule has 1 aliphatic rings. The number of ether oxygens (including phenoxy) is 1. The van der Waals surface area contributed by atoms with E-state index in [-0.39, 0.29) is 0 Å². The Morgan fingerprint density at radius 2 is 2.41 bits per heavy atom. The summed E-state index contributed by atoms with van der Waals surface area (Å²) in [6.07, 6.45) is 1.07. The Bertz CT molecular complexity index is 411. The summed E-state index contributed by atoms with van der Waals surface area (Å²) in [4.78, 5) is 10.9. The van der Waals surface area contributed by atoms with E-state index in [1.807, 2.05) is 13.0 Å². The number of carboxylic acid groups (broad SMARTS) is 1. The van der Waals surface area contributed by atoms with Gasteiger partial charge in [-0.05, 0) is 31.0 Å². The molecule has 0 radical (unpaired) electrons. The van der Waals surface area contributed by atoms with Crippen LogP contribution in [0.5, 0.6) is 0 Å². The first-order valence-electron chi connectivity index (χ1n) is 5.82. The molecule has 0 spiro atoms. The van der Waals surface area contributed by atoms with E-state index in [0.717, 1.165) is 37.4 Å². The molecule has 1 atom stereocenters. The van der Waals surface area contributed by atoms with Gasteiger partial charge in [0.05, 0.1) is 12.2 Å². The zero-order valence-corrected chi connectivity index (χ0v) is 9.90. The predicted octanol–water partition coefficient (Wildman–Crippen LogP) is 2.14. The van der Waals surface area contributed by atoms with Crippen LogP contribution in [-0.2, 0) is 4.74 Å². The molecule has 0 aliphatic carbocycles. The van der Waals surface area contributed by atoms with Gasteiger partial charge in [-0.1, -0.05) is 6.07 Å². The van der Waals surface area contributed by atoms with Crippen molar-refractivity contribution in [3.8, 4) is 0 Å². The fraction of sp³-hybridized carbons (Fsp3) is 0.462. The van der Waals surface area contributed by atoms with E-state index in [0.29, 0.717) is 11.5 Å². The Morgan fingerprint density at radius 1 is 1.59 bits per heavy atom. The summed E-state index contributed by atoms with van der Waals surface area (Å²) in [5, 5.41) is 12.2. The van der Waals surface area contributed by atoms with E-state index in [1.54, 1.807) is 12.1 Å². The van der Waals surface area contributed by atoms with Crippen LogP contribution in [0.1, 0.15) is 22.3 Å². The lowest BCUT2D eigenvalue weighted by Crippen LogP contribution is -2.15. The summed E-state index contributed by atoms with van der Waals surface area (Å²) in [6, 6.07) is 5.14. The number of anilines is 1. The molecule has 2 N–H and O–H groups in total. The zero-order chi connectivity index (χ0) is 12.3. The second-order valence-corrected chi connectivity index (χ2v) is 4.45. The highest BCUT2D eigenvalue weighted by molar-refractivity contribution is 5.89. The van der Waals surface area contributed by atoms with Gasteiger partial charge >= 0.3 is 5.97 Å². The molecule has 0 saturated carbocycles. The van der Waals surface area contributed by atoms with Crippen LogP contribution < -0.4 is 5.32 Å². The maximum absolute atomic E-state index is 10.9. The van der Waals surface area contributed by atoms with Crippen molar-refractivity contribution in [1.82, 2.24) is 0 Å². The highest BCUT2D eigenvalue weighted by Gasteiger charge is 2.15. The van der Waals surface area contributed by atoms with Gasteiger partial charge in [-0.2, -0.15) is 0 Å². The first-order valence-corrected chi connectivity index (χ1v) is 5.82. The second-order valence-electron chi connectivity index (χ2n) is 4.45. The second kappa shape index (κ2) is 5.19. The highest BCUT2D eigenvalue weighted by Crippen LogP contribution is 2.19. The van der Waals surface area contributed by atoms with Crippen LogP contribution in [0.2, 0.25) is 0 Å². The van der Waals surface area contributed by atoms with E-state index >= 15 is 0 Å². The zero-order valence-electron chi connectivity index (χ0n) is 9.90. The SMILES string of the molecule is Cc1ccc(C(=O)O)cc1NCC1CCOC1. The van der Waals surface area contributed by atoms with Gasteiger partial charge in [0.25, 0.3) is 0 Å². The Labute approximate surface area is 101 Å². The summed E-state index contributed by atoms with van der Waals surface area (Å²) >= 11 is 0. The quantitative estimate of drug-likeness (QED) is 0.839. The van der Waals surface area contributed by atoms with Crippen molar-refractivity contribution in [2.45, 2.75) is 13.3 Å². The van der Waals surface area contributed by atoms with E-state index < -0.39 is 5.97 Å². The minimum Gasteiger partial charge on any atom is -0.478 e. The average molecular weight is 235 g/mol. The minimum absolute atomic E-state index is 0.320. The van der Waals surface area contributed by atoms with E-state index in [2.05, 4.69) is 5.32 Å². The van der Waals surface area contributed by atoms with Crippen LogP contribution in [0.15, 0.2) is 18.2 Å². The van der Waals surface area contributed by atoms with E-state index in [1.165, 1.54) is 0 Å². The lowest BCUT2D eigenvalue weighted by Gasteiger charge is -2.13. The monoisotopic (exact) mass is 235 g/mol. The number of nitrogens with one attached hydrogen (secondary N) is 1. The minimum atomic E-state index is -0.891. The summed E-state index contributed by atoms with van der Waals surface area (Å²) in [5.74, 6) is -0.361. The number of aromatic carboxylic acids is 1. The maximum Gasteiger partial charge on any atom is 0.335 e. The fourth-order valence-corrected chi connectivity index (χ4v) is 1.94. The Hall–Kier alpha value is -1.55. The number of benzene rings is 1. The van der Waals surface area contributed by atoms with Gasteiger partial charge in [0, 0.05) is 24.8 Å². The molecule has 1 aliphatic heterocycles. The average Bonchev–Trinajstić information content (AvgIpc) is 2.80. The Kier molecular flexibility index (Phi) is 3.64. The molecule has 0 amide bonds. The van der Waals surface area contributed by atoms with Gasteiger partial charge in [0.1, 0.15) is 0 Å². The number of carbonyl (C=O) groups is 1. The number of carboxylic acids is 1. The third kappa shape index (κ3) is 2.97. The van der Waals surface area contributed by atoms with Gasteiger partial charge in [-0.25, -0.2) is 4.79 Å². The third-order valence-electron chi connectivity index (χ3n) is 3.09. The van der Waals surface area contributed by atoms with Crippen molar-refractivity contribution in [1.29, 1.82) is 0 Å². The van der Waals surface area contributed by atoms with Crippen molar-refractivity contribution >= 4 is 11.7 Å². The molecule has 4 heteroatoms. The van der Waals surface area contributed by atoms with Crippen molar-refractivity contribution in [3.63, 3.8) is 0 Å². The summed E-state index contributed by atoms with van der Waals surface area (Å²) in [6.45, 7) is 4.44. The normalized spacial score (nSPS) is 19.2. The standard InChI is InChI=1S/C13H17NO3/c1-9-2-3-11(13(15)16)6-12(9)14-7-10-4-5-17-8-10/h2-3,6,10,14H,4-5,7-8H2,1H3,(H,15,16). The van der Waals surface area contributed by atoms with Gasteiger partial charge in [-0.15, -0.1) is 0 Å². The highest BCUT2D eigenvalue weighted by atomic mass is 16.5. The summed E-state index contributed by atoms with van der Waals surface area (Å²) in [7, 11) is 0. The first kappa shape index (κ1) is 11.9. The van der Waals surface area contributed by atoms with Crippen LogP contribution in [0, 0.1) is 12.8 Å². The molecular weight excluding hydrogens is 218 g/mol. The molecule has 2 rings (SSSR count). The molecular formula is C13H17NO3. The van der Waals surface area contributed by atoms with Gasteiger partial charge < -0.3 is 15.2 Å².